The summed E-state index contributed by atoms with van der Waals surface area (Å²) in [6.07, 6.45) is 9.96. The topological polar surface area (TPSA) is 41.1 Å². The molecule has 0 spiro atoms. The summed E-state index contributed by atoms with van der Waals surface area (Å²) in [5, 5.41) is 6.50. The minimum Gasteiger partial charge on any atom is -0.328 e. The number of nitrogens with one attached hydrogen (secondary N) is 2. The molecule has 2 rings (SSSR count). The van der Waals surface area contributed by atoms with Gasteiger partial charge in [-0.2, -0.15) is 0 Å². The van der Waals surface area contributed by atoms with Gasteiger partial charge in [0, 0.05) is 29.7 Å². The van der Waals surface area contributed by atoms with Crippen molar-refractivity contribution in [1.29, 1.82) is 0 Å². The van der Waals surface area contributed by atoms with Crippen molar-refractivity contribution in [2.75, 3.05) is 18.4 Å². The lowest BCUT2D eigenvalue weighted by Gasteiger charge is -2.19. The average Bonchev–Trinajstić information content (AvgIpc) is 3.02. The Morgan fingerprint density at radius 1 is 1.42 bits per heavy atom. The number of hydrogen-bond donors (Lipinski definition) is 2. The molecule has 1 aromatic carbocycles. The second-order valence-corrected chi connectivity index (χ2v) is 6.32. The molecular weight excluding hydrogens is 350 g/mol. The van der Waals surface area contributed by atoms with E-state index in [0.717, 1.165) is 12.1 Å². The molecule has 1 heterocycles. The van der Waals surface area contributed by atoms with Crippen LogP contribution in [0, 0.1) is 11.7 Å². The standard InChI is InChI=1S/C18H19Cl2FN2O/c1-2-3-4-13(19)6-5-12-9-22-10-15(12)14-7-17(21)16(20)8-18(14)23-11-24/h2-8,11-12,15,22H,9-10H2,1H3,(H,23,24)/b3-2-,6-5+,13-4+/t12?,15-/m1/s1. The highest BCUT2D eigenvalue weighted by Gasteiger charge is 2.29. The number of benzene rings is 1. The molecule has 2 N–H and O–H groups in total. The predicted molar refractivity (Wildman–Crippen MR) is 98.1 cm³/mol. The molecule has 0 bridgehead atoms. The van der Waals surface area contributed by atoms with Crippen LogP contribution in [0.15, 0.2) is 47.5 Å². The average molecular weight is 369 g/mol. The van der Waals surface area contributed by atoms with Gasteiger partial charge in [0.25, 0.3) is 0 Å². The smallest absolute Gasteiger partial charge is 0.211 e. The van der Waals surface area contributed by atoms with E-state index in [1.54, 1.807) is 6.08 Å². The summed E-state index contributed by atoms with van der Waals surface area (Å²) in [7, 11) is 0. The maximum atomic E-state index is 13.9. The molecule has 6 heteroatoms. The SMILES string of the molecule is C\C=C/C=C(Cl)\C=C\C1CNC[C@H]1c1cc(F)c(Cl)cc1NC=O. The molecule has 1 amide bonds. The summed E-state index contributed by atoms with van der Waals surface area (Å²) in [6.45, 7) is 3.34. The number of allylic oxidation sites excluding steroid dienone is 5. The van der Waals surface area contributed by atoms with Crippen LogP contribution in [0.3, 0.4) is 0 Å². The molecule has 1 fully saturated rings. The van der Waals surface area contributed by atoms with Crippen LogP contribution in [0.5, 0.6) is 0 Å². The largest absolute Gasteiger partial charge is 0.328 e. The Kier molecular flexibility index (Phi) is 7.03. The van der Waals surface area contributed by atoms with E-state index >= 15 is 0 Å². The van der Waals surface area contributed by atoms with E-state index in [0.29, 0.717) is 23.7 Å². The van der Waals surface area contributed by atoms with Gasteiger partial charge in [-0.25, -0.2) is 4.39 Å². The predicted octanol–water partition coefficient (Wildman–Crippen LogP) is 4.61. The Morgan fingerprint density at radius 2 is 2.21 bits per heavy atom. The third-order valence-corrected chi connectivity index (χ3v) is 4.46. The molecular formula is C18H19Cl2FN2O. The zero-order chi connectivity index (χ0) is 17.5. The van der Waals surface area contributed by atoms with Crippen LogP contribution in [-0.2, 0) is 4.79 Å². The Bertz CT molecular complexity index is 686. The van der Waals surface area contributed by atoms with E-state index in [4.69, 9.17) is 23.2 Å². The van der Waals surface area contributed by atoms with Gasteiger partial charge in [-0.1, -0.05) is 41.4 Å². The summed E-state index contributed by atoms with van der Waals surface area (Å²) in [4.78, 5) is 10.8. The zero-order valence-electron chi connectivity index (χ0n) is 13.2. The fourth-order valence-electron chi connectivity index (χ4n) is 2.76. The summed E-state index contributed by atoms with van der Waals surface area (Å²) < 4.78 is 13.9. The van der Waals surface area contributed by atoms with Crippen LogP contribution < -0.4 is 10.6 Å². The van der Waals surface area contributed by atoms with Crippen molar-refractivity contribution in [2.45, 2.75) is 12.8 Å². The van der Waals surface area contributed by atoms with Crippen LogP contribution in [0.4, 0.5) is 10.1 Å². The minimum atomic E-state index is -0.497. The molecule has 1 aromatic rings. The van der Waals surface area contributed by atoms with Crippen molar-refractivity contribution in [3.8, 4) is 0 Å². The van der Waals surface area contributed by atoms with Crippen molar-refractivity contribution < 1.29 is 9.18 Å². The molecule has 128 valence electrons. The summed E-state index contributed by atoms with van der Waals surface area (Å²) in [6, 6.07) is 2.84. The Labute approximate surface area is 151 Å². The quantitative estimate of drug-likeness (QED) is 0.568. The maximum Gasteiger partial charge on any atom is 0.211 e. The highest BCUT2D eigenvalue weighted by Crippen LogP contribution is 2.36. The van der Waals surface area contributed by atoms with Crippen molar-refractivity contribution >= 4 is 35.3 Å². The van der Waals surface area contributed by atoms with Gasteiger partial charge in [-0.05, 0) is 42.7 Å². The van der Waals surface area contributed by atoms with Gasteiger partial charge in [-0.15, -0.1) is 0 Å². The van der Waals surface area contributed by atoms with Gasteiger partial charge in [0.2, 0.25) is 6.41 Å². The van der Waals surface area contributed by atoms with Gasteiger partial charge in [-0.3, -0.25) is 4.79 Å². The van der Waals surface area contributed by atoms with E-state index < -0.39 is 5.82 Å². The number of amides is 1. The van der Waals surface area contributed by atoms with Crippen LogP contribution in [-0.4, -0.2) is 19.5 Å². The maximum absolute atomic E-state index is 13.9. The van der Waals surface area contributed by atoms with Crippen molar-refractivity contribution in [1.82, 2.24) is 5.32 Å². The highest BCUT2D eigenvalue weighted by molar-refractivity contribution is 6.31. The molecule has 1 aliphatic heterocycles. The van der Waals surface area contributed by atoms with Gasteiger partial charge in [0.15, 0.2) is 0 Å². The van der Waals surface area contributed by atoms with Gasteiger partial charge >= 0.3 is 0 Å². The summed E-state index contributed by atoms with van der Waals surface area (Å²) >= 11 is 11.9. The molecule has 2 atom stereocenters. The van der Waals surface area contributed by atoms with Gasteiger partial charge in [0.1, 0.15) is 5.82 Å². The lowest BCUT2D eigenvalue weighted by molar-refractivity contribution is -0.105. The zero-order valence-corrected chi connectivity index (χ0v) is 14.7. The third kappa shape index (κ3) is 4.69. The van der Waals surface area contributed by atoms with Gasteiger partial charge < -0.3 is 10.6 Å². The first-order valence-corrected chi connectivity index (χ1v) is 8.39. The van der Waals surface area contributed by atoms with Crippen molar-refractivity contribution in [3.05, 3.63) is 63.9 Å². The van der Waals surface area contributed by atoms with E-state index in [1.807, 2.05) is 31.2 Å². The van der Waals surface area contributed by atoms with Crippen LogP contribution >= 0.6 is 23.2 Å². The first kappa shape index (κ1) is 18.7. The lowest BCUT2D eigenvalue weighted by atomic mass is 9.87. The lowest BCUT2D eigenvalue weighted by Crippen LogP contribution is -2.12. The summed E-state index contributed by atoms with van der Waals surface area (Å²) in [5.41, 5.74) is 1.25. The number of carbonyl (C=O) groups excluding carboxylic acids is 1. The van der Waals surface area contributed by atoms with Crippen LogP contribution in [0.2, 0.25) is 5.02 Å². The first-order valence-electron chi connectivity index (χ1n) is 7.63. The number of rotatable bonds is 6. The van der Waals surface area contributed by atoms with Crippen LogP contribution in [0.25, 0.3) is 0 Å². The number of carbonyl (C=O) groups is 1. The first-order chi connectivity index (χ1) is 11.6. The number of anilines is 1. The van der Waals surface area contributed by atoms with Crippen LogP contribution in [0.1, 0.15) is 18.4 Å². The number of hydrogen-bond acceptors (Lipinski definition) is 2. The fraction of sp³-hybridized carbons (Fsp3) is 0.278. The molecule has 1 unspecified atom stereocenters. The fourth-order valence-corrected chi connectivity index (χ4v) is 3.07. The Balaban J connectivity index is 2.28. The molecule has 3 nitrogen and oxygen atoms in total. The van der Waals surface area contributed by atoms with E-state index in [-0.39, 0.29) is 16.9 Å². The monoisotopic (exact) mass is 368 g/mol. The minimum absolute atomic E-state index is 0.0153. The van der Waals surface area contributed by atoms with E-state index in [1.165, 1.54) is 12.1 Å². The number of halogens is 3. The molecule has 24 heavy (non-hydrogen) atoms. The highest BCUT2D eigenvalue weighted by atomic mass is 35.5. The normalized spacial score (nSPS) is 21.8. The van der Waals surface area contributed by atoms with Gasteiger partial charge in [0.05, 0.1) is 5.02 Å². The molecule has 0 radical (unpaired) electrons. The summed E-state index contributed by atoms with van der Waals surface area (Å²) in [5.74, 6) is -0.351. The molecule has 0 aromatic heterocycles. The van der Waals surface area contributed by atoms with Crippen molar-refractivity contribution in [2.24, 2.45) is 5.92 Å². The Hall–Kier alpha value is -1.62. The third-order valence-electron chi connectivity index (χ3n) is 3.92. The molecule has 1 saturated heterocycles. The van der Waals surface area contributed by atoms with E-state index in [2.05, 4.69) is 10.6 Å². The molecule has 0 saturated carbocycles. The molecule has 1 aliphatic rings. The Morgan fingerprint density at radius 3 is 2.92 bits per heavy atom. The molecule has 0 aliphatic carbocycles. The van der Waals surface area contributed by atoms with Crippen molar-refractivity contribution in [3.63, 3.8) is 0 Å². The van der Waals surface area contributed by atoms with E-state index in [9.17, 15) is 9.18 Å². The second kappa shape index (κ2) is 9.02. The second-order valence-electron chi connectivity index (χ2n) is 5.48.